The quantitative estimate of drug-likeness (QED) is 0.246. The van der Waals surface area contributed by atoms with Gasteiger partial charge in [0, 0.05) is 30.7 Å². The smallest absolute Gasteiger partial charge is 0.252 e. The van der Waals surface area contributed by atoms with Gasteiger partial charge in [0.25, 0.3) is 5.56 Å². The van der Waals surface area contributed by atoms with Crippen molar-refractivity contribution in [1.29, 1.82) is 0 Å². The maximum atomic E-state index is 13.2. The lowest BCUT2D eigenvalue weighted by Crippen LogP contribution is -2.34. The number of hydrogen-bond acceptors (Lipinski definition) is 5. The largest absolute Gasteiger partial charge is 0.322 e. The highest BCUT2D eigenvalue weighted by atomic mass is 16.1. The monoisotopic (exact) mass is 520 g/mol. The minimum absolute atomic E-state index is 0.0348. The summed E-state index contributed by atoms with van der Waals surface area (Å²) in [6.45, 7) is 8.37. The van der Waals surface area contributed by atoms with E-state index in [1.54, 1.807) is 0 Å². The molecule has 0 aliphatic carbocycles. The molecule has 0 unspecified atom stereocenters. The molecule has 200 valence electrons. The Kier molecular flexibility index (Phi) is 8.27. The second-order valence-electron chi connectivity index (χ2n) is 10.3. The Morgan fingerprint density at radius 3 is 2.51 bits per heavy atom. The second kappa shape index (κ2) is 12.2. The zero-order valence-corrected chi connectivity index (χ0v) is 23.0. The number of fused-ring (bicyclic) bond motifs is 1. The number of hydrogen-bond donors (Lipinski definition) is 1. The van der Waals surface area contributed by atoms with Crippen molar-refractivity contribution in [2.24, 2.45) is 0 Å². The van der Waals surface area contributed by atoms with Crippen molar-refractivity contribution in [2.75, 3.05) is 6.54 Å². The van der Waals surface area contributed by atoms with E-state index >= 15 is 0 Å². The molecule has 0 aliphatic rings. The minimum Gasteiger partial charge on any atom is -0.322 e. The van der Waals surface area contributed by atoms with Crippen LogP contribution in [-0.4, -0.2) is 36.6 Å². The van der Waals surface area contributed by atoms with Gasteiger partial charge >= 0.3 is 0 Å². The van der Waals surface area contributed by atoms with E-state index < -0.39 is 0 Å². The summed E-state index contributed by atoms with van der Waals surface area (Å²) >= 11 is 0. The van der Waals surface area contributed by atoms with Gasteiger partial charge in [0.1, 0.15) is 0 Å². The Bertz CT molecular complexity index is 1590. The Morgan fingerprint density at radius 2 is 1.72 bits per heavy atom. The first-order valence-corrected chi connectivity index (χ1v) is 13.7. The normalized spacial score (nSPS) is 12.3. The highest BCUT2D eigenvalue weighted by Crippen LogP contribution is 2.25. The van der Waals surface area contributed by atoms with E-state index in [1.807, 2.05) is 28.9 Å². The molecule has 0 saturated carbocycles. The predicted octanol–water partition coefficient (Wildman–Crippen LogP) is 5.57. The van der Waals surface area contributed by atoms with Crippen molar-refractivity contribution >= 4 is 10.9 Å². The molecule has 2 aromatic heterocycles. The first kappa shape index (κ1) is 26.5. The number of rotatable bonds is 11. The maximum absolute atomic E-state index is 13.2. The third-order valence-corrected chi connectivity index (χ3v) is 7.52. The summed E-state index contributed by atoms with van der Waals surface area (Å²) in [6.07, 6.45) is 2.55. The van der Waals surface area contributed by atoms with Crippen LogP contribution in [0.5, 0.6) is 0 Å². The second-order valence-corrected chi connectivity index (χ2v) is 10.3. The minimum atomic E-state index is -0.0502. The van der Waals surface area contributed by atoms with Crippen LogP contribution in [0.2, 0.25) is 0 Å². The van der Waals surface area contributed by atoms with Gasteiger partial charge in [-0.15, -0.1) is 5.10 Å². The fourth-order valence-corrected chi connectivity index (χ4v) is 5.30. The molecule has 5 rings (SSSR count). The third kappa shape index (κ3) is 6.32. The van der Waals surface area contributed by atoms with Gasteiger partial charge in [0.2, 0.25) is 0 Å². The van der Waals surface area contributed by atoms with Gasteiger partial charge in [-0.05, 0) is 83.8 Å². The molecule has 1 atom stereocenters. The van der Waals surface area contributed by atoms with E-state index in [0.29, 0.717) is 13.1 Å². The summed E-state index contributed by atoms with van der Waals surface area (Å²) < 4.78 is 1.93. The molecule has 7 nitrogen and oxygen atoms in total. The van der Waals surface area contributed by atoms with E-state index in [2.05, 4.69) is 101 Å². The average Bonchev–Trinajstić information content (AvgIpc) is 3.41. The number of pyridine rings is 1. The summed E-state index contributed by atoms with van der Waals surface area (Å²) in [6, 6.07) is 27.0. The molecule has 5 aromatic rings. The summed E-state index contributed by atoms with van der Waals surface area (Å²) in [7, 11) is 0. The van der Waals surface area contributed by atoms with Gasteiger partial charge in [-0.1, -0.05) is 73.2 Å². The Balaban J connectivity index is 1.46. The van der Waals surface area contributed by atoms with Crippen molar-refractivity contribution in [1.82, 2.24) is 30.1 Å². The number of tetrazole rings is 1. The maximum Gasteiger partial charge on any atom is 0.252 e. The van der Waals surface area contributed by atoms with Crippen LogP contribution >= 0.6 is 0 Å². The van der Waals surface area contributed by atoms with Crippen LogP contribution in [0.4, 0.5) is 0 Å². The van der Waals surface area contributed by atoms with Crippen LogP contribution in [0.3, 0.4) is 0 Å². The fourth-order valence-electron chi connectivity index (χ4n) is 5.30. The van der Waals surface area contributed by atoms with Gasteiger partial charge in [-0.25, -0.2) is 4.68 Å². The molecule has 0 fully saturated rings. The summed E-state index contributed by atoms with van der Waals surface area (Å²) in [5.41, 5.74) is 6.56. The number of benzene rings is 3. The first-order chi connectivity index (χ1) is 19.0. The lowest BCUT2D eigenvalue weighted by molar-refractivity contribution is 0.171. The van der Waals surface area contributed by atoms with Crippen molar-refractivity contribution in [3.05, 3.63) is 123 Å². The zero-order chi connectivity index (χ0) is 27.2. The molecular formula is C32H36N6O. The van der Waals surface area contributed by atoms with Crippen molar-refractivity contribution < 1.29 is 0 Å². The standard InChI is InChI=1S/C32H36N6O/c1-4-30(31-34-35-36-38(31)19-16-25-11-6-5-7-12-25)37(18-17-26-13-9-8-10-24(26)3)22-28-21-27-20-23(2)14-15-29(27)33-32(28)39/h5-15,20-21,30H,4,16-19,22H2,1-3H3,(H,33,39)/t30-/m1/s1. The number of H-pyrrole nitrogens is 1. The van der Waals surface area contributed by atoms with Crippen LogP contribution in [0.25, 0.3) is 10.9 Å². The van der Waals surface area contributed by atoms with Gasteiger partial charge in [-0.2, -0.15) is 0 Å². The molecule has 0 radical (unpaired) electrons. The Hall–Kier alpha value is -4.10. The fraction of sp³-hybridized carbons (Fsp3) is 0.312. The van der Waals surface area contributed by atoms with Crippen molar-refractivity contribution in [3.63, 3.8) is 0 Å². The van der Waals surface area contributed by atoms with E-state index in [1.165, 1.54) is 22.3 Å². The molecule has 0 bridgehead atoms. The summed E-state index contributed by atoms with van der Waals surface area (Å²) in [5.74, 6) is 0.839. The molecule has 2 heterocycles. The Labute approximate surface area is 229 Å². The third-order valence-electron chi connectivity index (χ3n) is 7.52. The molecule has 3 aromatic carbocycles. The molecule has 0 saturated heterocycles. The van der Waals surface area contributed by atoms with E-state index in [-0.39, 0.29) is 11.6 Å². The average molecular weight is 521 g/mol. The molecule has 0 aliphatic heterocycles. The highest BCUT2D eigenvalue weighted by molar-refractivity contribution is 5.79. The van der Waals surface area contributed by atoms with Crippen LogP contribution in [0.15, 0.2) is 83.7 Å². The lowest BCUT2D eigenvalue weighted by atomic mass is 10.0. The number of nitrogens with one attached hydrogen (secondary N) is 1. The Morgan fingerprint density at radius 1 is 0.923 bits per heavy atom. The van der Waals surface area contributed by atoms with Crippen molar-refractivity contribution in [3.8, 4) is 0 Å². The number of aryl methyl sites for hydroxylation is 4. The highest BCUT2D eigenvalue weighted by Gasteiger charge is 2.26. The van der Waals surface area contributed by atoms with Crippen LogP contribution in [-0.2, 0) is 25.9 Å². The topological polar surface area (TPSA) is 79.7 Å². The molecule has 7 heteroatoms. The first-order valence-electron chi connectivity index (χ1n) is 13.7. The molecular weight excluding hydrogens is 484 g/mol. The SMILES string of the molecule is CC[C@H](c1nnnn1CCc1ccccc1)N(CCc1ccccc1C)Cc1cc2cc(C)ccc2[nH]c1=O. The molecule has 1 N–H and O–H groups in total. The predicted molar refractivity (Wildman–Crippen MR) is 156 cm³/mol. The van der Waals surface area contributed by atoms with Crippen LogP contribution in [0, 0.1) is 13.8 Å². The number of aromatic nitrogens is 5. The van der Waals surface area contributed by atoms with E-state index in [0.717, 1.165) is 48.1 Å². The van der Waals surface area contributed by atoms with Gasteiger partial charge < -0.3 is 4.98 Å². The summed E-state index contributed by atoms with van der Waals surface area (Å²) in [4.78, 5) is 18.6. The van der Waals surface area contributed by atoms with Crippen LogP contribution < -0.4 is 5.56 Å². The molecule has 0 amide bonds. The van der Waals surface area contributed by atoms with E-state index in [9.17, 15) is 4.79 Å². The zero-order valence-electron chi connectivity index (χ0n) is 23.0. The van der Waals surface area contributed by atoms with Gasteiger partial charge in [0.15, 0.2) is 5.82 Å². The number of aromatic amines is 1. The lowest BCUT2D eigenvalue weighted by Gasteiger charge is -2.30. The molecule has 0 spiro atoms. The molecule has 39 heavy (non-hydrogen) atoms. The van der Waals surface area contributed by atoms with Gasteiger partial charge in [0.05, 0.1) is 6.04 Å². The van der Waals surface area contributed by atoms with Crippen LogP contribution in [0.1, 0.15) is 53.0 Å². The number of nitrogens with zero attached hydrogens (tertiary/aromatic N) is 5. The van der Waals surface area contributed by atoms with Gasteiger partial charge in [-0.3, -0.25) is 9.69 Å². The van der Waals surface area contributed by atoms with E-state index in [4.69, 9.17) is 0 Å². The van der Waals surface area contributed by atoms with Crippen molar-refractivity contribution in [2.45, 2.75) is 59.2 Å². The summed E-state index contributed by atoms with van der Waals surface area (Å²) in [5, 5.41) is 14.0.